The number of piperidine rings is 1. The lowest BCUT2D eigenvalue weighted by molar-refractivity contribution is -0.124. The molecule has 0 bridgehead atoms. The molecule has 1 aromatic carbocycles. The second kappa shape index (κ2) is 7.37. The first-order valence-electron chi connectivity index (χ1n) is 8.93. The van der Waals surface area contributed by atoms with Gasteiger partial charge in [0.1, 0.15) is 11.0 Å². The Morgan fingerprint density at radius 3 is 2.60 bits per heavy atom. The van der Waals surface area contributed by atoms with Crippen LogP contribution >= 0.6 is 11.3 Å². The van der Waals surface area contributed by atoms with Crippen molar-refractivity contribution >= 4 is 27.5 Å². The van der Waals surface area contributed by atoms with Gasteiger partial charge in [-0.3, -0.25) is 14.6 Å². The summed E-state index contributed by atoms with van der Waals surface area (Å²) in [6, 6.07) is 8.17. The number of carbonyl (C=O) groups is 1. The molecule has 0 spiro atoms. The zero-order valence-electron chi connectivity index (χ0n) is 14.3. The van der Waals surface area contributed by atoms with Gasteiger partial charge >= 0.3 is 0 Å². The molecule has 1 unspecified atom stereocenters. The van der Waals surface area contributed by atoms with Gasteiger partial charge < -0.3 is 10.5 Å². The minimum absolute atomic E-state index is 0.302. The maximum atomic E-state index is 12.2. The summed E-state index contributed by atoms with van der Waals surface area (Å²) in [5, 5.41) is 0.818. The number of amides is 1. The smallest absolute Gasteiger partial charge is 0.241 e. The molecule has 134 valence electrons. The number of ether oxygens (including phenoxy) is 1. The highest BCUT2D eigenvalue weighted by Crippen LogP contribution is 2.32. The normalized spacial score (nSPS) is 22.2. The lowest BCUT2D eigenvalue weighted by Gasteiger charge is -2.41. The van der Waals surface area contributed by atoms with E-state index in [1.165, 1.54) is 0 Å². The molecule has 3 heterocycles. The Morgan fingerprint density at radius 1 is 1.20 bits per heavy atom. The van der Waals surface area contributed by atoms with E-state index in [-0.39, 0.29) is 5.91 Å². The first-order valence-corrected chi connectivity index (χ1v) is 9.74. The number of para-hydroxylation sites is 1. The molecule has 2 aliphatic rings. The Balaban J connectivity index is 1.47. The van der Waals surface area contributed by atoms with Gasteiger partial charge in [-0.05, 0) is 25.0 Å². The van der Waals surface area contributed by atoms with Gasteiger partial charge in [0.15, 0.2) is 0 Å². The fourth-order valence-electron chi connectivity index (χ4n) is 3.92. The van der Waals surface area contributed by atoms with Gasteiger partial charge in [0, 0.05) is 32.2 Å². The van der Waals surface area contributed by atoms with Crippen molar-refractivity contribution in [3.63, 3.8) is 0 Å². The highest BCUT2D eigenvalue weighted by molar-refractivity contribution is 7.18. The summed E-state index contributed by atoms with van der Waals surface area (Å²) >= 11 is 1.58. The number of primary amides is 1. The van der Waals surface area contributed by atoms with E-state index in [1.54, 1.807) is 11.3 Å². The minimum Gasteiger partial charge on any atom is -0.379 e. The summed E-state index contributed by atoms with van der Waals surface area (Å²) in [6.07, 6.45) is 2.13. The number of thiazole rings is 1. The van der Waals surface area contributed by atoms with Crippen molar-refractivity contribution in [2.45, 2.75) is 24.9 Å². The van der Waals surface area contributed by atoms with Gasteiger partial charge in [-0.25, -0.2) is 4.98 Å². The number of aromatic nitrogens is 1. The van der Waals surface area contributed by atoms with Crippen molar-refractivity contribution in [3.8, 4) is 0 Å². The van der Waals surface area contributed by atoms with Gasteiger partial charge in [-0.1, -0.05) is 12.1 Å². The molecular weight excluding hydrogens is 336 g/mol. The monoisotopic (exact) mass is 360 g/mol. The third-order valence-corrected chi connectivity index (χ3v) is 6.33. The van der Waals surface area contributed by atoms with Crippen molar-refractivity contribution < 1.29 is 9.53 Å². The molecule has 0 aliphatic carbocycles. The molecule has 6 nitrogen and oxygen atoms in total. The van der Waals surface area contributed by atoms with Gasteiger partial charge in [-0.2, -0.15) is 0 Å². The topological polar surface area (TPSA) is 71.7 Å². The van der Waals surface area contributed by atoms with Crippen LogP contribution in [0.5, 0.6) is 0 Å². The van der Waals surface area contributed by atoms with Crippen LogP contribution in [0.15, 0.2) is 24.3 Å². The van der Waals surface area contributed by atoms with Crippen molar-refractivity contribution in [1.82, 2.24) is 14.8 Å². The number of fused-ring (bicyclic) bond motifs is 1. The Bertz CT molecular complexity index is 703. The molecule has 2 aromatic rings. The van der Waals surface area contributed by atoms with Crippen LogP contribution in [0.4, 0.5) is 0 Å². The third kappa shape index (κ3) is 3.55. The van der Waals surface area contributed by atoms with Crippen LogP contribution in [0.2, 0.25) is 0 Å². The summed E-state index contributed by atoms with van der Waals surface area (Å²) in [5.74, 6) is -0.302. The molecule has 2 N–H and O–H groups in total. The van der Waals surface area contributed by atoms with Crippen molar-refractivity contribution in [3.05, 3.63) is 29.3 Å². The fourth-order valence-corrected chi connectivity index (χ4v) is 5.03. The SMILES string of the molecule is NC(=O)C(c1nc2ccccc2s1)N1CCC(N2CCOCC2)CC1. The predicted octanol–water partition coefficient (Wildman–Crippen LogP) is 1.62. The quantitative estimate of drug-likeness (QED) is 0.897. The minimum atomic E-state index is -0.414. The summed E-state index contributed by atoms with van der Waals surface area (Å²) in [6.45, 7) is 5.45. The Labute approximate surface area is 151 Å². The van der Waals surface area contributed by atoms with E-state index in [9.17, 15) is 4.79 Å². The van der Waals surface area contributed by atoms with Crippen molar-refractivity contribution in [1.29, 1.82) is 0 Å². The maximum Gasteiger partial charge on any atom is 0.241 e. The molecular formula is C18H24N4O2S. The summed E-state index contributed by atoms with van der Waals surface area (Å²) in [7, 11) is 0. The van der Waals surface area contributed by atoms with Crippen LogP contribution in [0.3, 0.4) is 0 Å². The van der Waals surface area contributed by atoms with Gasteiger partial charge in [-0.15, -0.1) is 11.3 Å². The van der Waals surface area contributed by atoms with E-state index in [0.717, 1.165) is 67.5 Å². The van der Waals surface area contributed by atoms with E-state index < -0.39 is 6.04 Å². The number of morpholine rings is 1. The molecule has 4 rings (SSSR count). The number of hydrogen-bond acceptors (Lipinski definition) is 6. The zero-order valence-corrected chi connectivity index (χ0v) is 15.1. The Kier molecular flexibility index (Phi) is 4.98. The maximum absolute atomic E-state index is 12.2. The number of benzene rings is 1. The standard InChI is InChI=1S/C18H24N4O2S/c19-17(23)16(18-20-14-3-1-2-4-15(14)25-18)22-7-5-13(6-8-22)21-9-11-24-12-10-21/h1-4,13,16H,5-12H2,(H2,19,23). The number of hydrogen-bond donors (Lipinski definition) is 1. The first kappa shape index (κ1) is 16.9. The first-order chi connectivity index (χ1) is 12.2. The molecule has 1 amide bonds. The number of nitrogens with two attached hydrogens (primary N) is 1. The average molecular weight is 360 g/mol. The second-order valence-electron chi connectivity index (χ2n) is 6.74. The predicted molar refractivity (Wildman–Crippen MR) is 98.5 cm³/mol. The highest BCUT2D eigenvalue weighted by atomic mass is 32.1. The van der Waals surface area contributed by atoms with Crippen LogP contribution in [-0.2, 0) is 9.53 Å². The van der Waals surface area contributed by atoms with Crippen LogP contribution in [0.25, 0.3) is 10.2 Å². The van der Waals surface area contributed by atoms with Crippen molar-refractivity contribution in [2.24, 2.45) is 5.73 Å². The van der Waals surface area contributed by atoms with Crippen LogP contribution in [0, 0.1) is 0 Å². The van der Waals surface area contributed by atoms with Crippen molar-refractivity contribution in [2.75, 3.05) is 39.4 Å². The van der Waals surface area contributed by atoms with E-state index >= 15 is 0 Å². The van der Waals surface area contributed by atoms with E-state index in [4.69, 9.17) is 10.5 Å². The largest absolute Gasteiger partial charge is 0.379 e. The summed E-state index contributed by atoms with van der Waals surface area (Å²) in [4.78, 5) is 21.6. The lowest BCUT2D eigenvalue weighted by atomic mass is 10.0. The molecule has 7 heteroatoms. The molecule has 2 aliphatic heterocycles. The van der Waals surface area contributed by atoms with Gasteiger partial charge in [0.25, 0.3) is 0 Å². The number of nitrogens with zero attached hydrogens (tertiary/aromatic N) is 3. The van der Waals surface area contributed by atoms with E-state index in [0.29, 0.717) is 6.04 Å². The third-order valence-electron chi connectivity index (χ3n) is 5.24. The average Bonchev–Trinajstić information content (AvgIpc) is 3.06. The Hall–Kier alpha value is -1.54. The van der Waals surface area contributed by atoms with E-state index in [1.807, 2.05) is 24.3 Å². The van der Waals surface area contributed by atoms with E-state index in [2.05, 4.69) is 14.8 Å². The number of likely N-dealkylation sites (tertiary alicyclic amines) is 1. The second-order valence-corrected chi connectivity index (χ2v) is 7.80. The lowest BCUT2D eigenvalue weighted by Crippen LogP contribution is -2.50. The molecule has 2 saturated heterocycles. The zero-order chi connectivity index (χ0) is 17.2. The molecule has 0 radical (unpaired) electrons. The molecule has 1 aromatic heterocycles. The number of carbonyl (C=O) groups excluding carboxylic acids is 1. The van der Waals surface area contributed by atoms with Gasteiger partial charge in [0.2, 0.25) is 5.91 Å². The Morgan fingerprint density at radius 2 is 1.92 bits per heavy atom. The molecule has 1 atom stereocenters. The molecule has 0 saturated carbocycles. The van der Waals surface area contributed by atoms with Crippen LogP contribution in [-0.4, -0.2) is 66.1 Å². The summed E-state index contributed by atoms with van der Waals surface area (Å²) < 4.78 is 6.55. The number of rotatable bonds is 4. The van der Waals surface area contributed by atoms with Gasteiger partial charge in [0.05, 0.1) is 23.4 Å². The highest BCUT2D eigenvalue weighted by Gasteiger charge is 2.33. The molecule has 25 heavy (non-hydrogen) atoms. The summed E-state index contributed by atoms with van der Waals surface area (Å²) in [5.41, 5.74) is 6.70. The van der Waals surface area contributed by atoms with Crippen LogP contribution < -0.4 is 5.73 Å². The fraction of sp³-hybridized carbons (Fsp3) is 0.556. The van der Waals surface area contributed by atoms with Crippen LogP contribution in [0.1, 0.15) is 23.9 Å². The molecule has 2 fully saturated rings.